The largest absolute Gasteiger partial charge is 0.406 e. The summed E-state index contributed by atoms with van der Waals surface area (Å²) in [5.74, 6) is -1.06. The molecule has 0 radical (unpaired) electrons. The molecule has 0 atom stereocenters. The van der Waals surface area contributed by atoms with Gasteiger partial charge in [0.25, 0.3) is 11.6 Å². The Labute approximate surface area is 125 Å². The molecule has 1 N–H and O–H groups in total. The molecular formula is C11H10BrF3N2O4. The van der Waals surface area contributed by atoms with E-state index < -0.39 is 42.4 Å². The van der Waals surface area contributed by atoms with Gasteiger partial charge in [0.15, 0.2) is 0 Å². The highest BCUT2D eigenvalue weighted by atomic mass is 79.9. The number of nitro groups is 1. The molecule has 1 rings (SSSR count). The number of aliphatic hydroxyl groups is 1. The van der Waals surface area contributed by atoms with Gasteiger partial charge in [-0.1, -0.05) is 6.07 Å². The van der Waals surface area contributed by atoms with Gasteiger partial charge in [0.1, 0.15) is 11.0 Å². The number of aliphatic hydroxyl groups excluding tert-OH is 1. The number of benzene rings is 1. The number of amides is 1. The number of nitrogens with zero attached hydrogens (tertiary/aromatic N) is 2. The lowest BCUT2D eigenvalue weighted by Crippen LogP contribution is -2.40. The number of halogens is 4. The van der Waals surface area contributed by atoms with Crippen LogP contribution in [0.2, 0.25) is 0 Å². The molecule has 0 saturated heterocycles. The summed E-state index contributed by atoms with van der Waals surface area (Å²) in [7, 11) is 0. The van der Waals surface area contributed by atoms with Crippen LogP contribution in [0, 0.1) is 10.1 Å². The van der Waals surface area contributed by atoms with Crippen molar-refractivity contribution in [2.75, 3.05) is 19.7 Å². The average molecular weight is 371 g/mol. The number of nitro benzene ring substituents is 1. The predicted octanol–water partition coefficient (Wildman–Crippen LogP) is 2.35. The molecule has 0 saturated carbocycles. The molecule has 1 aromatic rings. The molecule has 10 heteroatoms. The first-order chi connectivity index (χ1) is 9.67. The molecule has 0 aliphatic heterocycles. The lowest BCUT2D eigenvalue weighted by atomic mass is 10.1. The second-order valence-electron chi connectivity index (χ2n) is 3.96. The number of carbonyl (C=O) groups excluding carboxylic acids is 1. The van der Waals surface area contributed by atoms with Gasteiger partial charge in [0.05, 0.1) is 17.1 Å². The maximum absolute atomic E-state index is 12.4. The van der Waals surface area contributed by atoms with Gasteiger partial charge >= 0.3 is 6.18 Å². The van der Waals surface area contributed by atoms with Gasteiger partial charge in [-0.15, -0.1) is 0 Å². The van der Waals surface area contributed by atoms with Crippen molar-refractivity contribution in [3.63, 3.8) is 0 Å². The lowest BCUT2D eigenvalue weighted by molar-refractivity contribution is -0.385. The second-order valence-corrected chi connectivity index (χ2v) is 4.75. The van der Waals surface area contributed by atoms with Gasteiger partial charge in [-0.25, -0.2) is 0 Å². The molecule has 1 aromatic carbocycles. The SMILES string of the molecule is O=C(c1cccc([N+](=O)[O-])c1Br)N(CCO)CC(F)(F)F. The molecule has 0 fully saturated rings. The van der Waals surface area contributed by atoms with Crippen molar-refractivity contribution in [3.8, 4) is 0 Å². The van der Waals surface area contributed by atoms with Crippen LogP contribution in [0.5, 0.6) is 0 Å². The third-order valence-corrected chi connectivity index (χ3v) is 3.27. The summed E-state index contributed by atoms with van der Waals surface area (Å²) >= 11 is 2.85. The van der Waals surface area contributed by atoms with Crippen LogP contribution in [0.1, 0.15) is 10.4 Å². The van der Waals surface area contributed by atoms with Gasteiger partial charge in [0, 0.05) is 12.6 Å². The van der Waals surface area contributed by atoms with E-state index in [2.05, 4.69) is 15.9 Å². The second kappa shape index (κ2) is 6.85. The van der Waals surface area contributed by atoms with E-state index >= 15 is 0 Å². The minimum Gasteiger partial charge on any atom is -0.395 e. The Hall–Kier alpha value is -1.68. The zero-order valence-electron chi connectivity index (χ0n) is 10.4. The molecular weight excluding hydrogens is 361 g/mol. The van der Waals surface area contributed by atoms with E-state index in [1.54, 1.807) is 0 Å². The number of carbonyl (C=O) groups is 1. The van der Waals surface area contributed by atoms with Crippen molar-refractivity contribution in [1.29, 1.82) is 0 Å². The molecule has 0 aliphatic rings. The summed E-state index contributed by atoms with van der Waals surface area (Å²) in [5, 5.41) is 19.5. The number of rotatable bonds is 5. The highest BCUT2D eigenvalue weighted by molar-refractivity contribution is 9.10. The first-order valence-corrected chi connectivity index (χ1v) is 6.36. The van der Waals surface area contributed by atoms with E-state index in [4.69, 9.17) is 5.11 Å². The Morgan fingerprint density at radius 1 is 1.43 bits per heavy atom. The van der Waals surface area contributed by atoms with Crippen molar-refractivity contribution >= 4 is 27.5 Å². The van der Waals surface area contributed by atoms with Crippen LogP contribution in [-0.2, 0) is 0 Å². The quantitative estimate of drug-likeness (QED) is 0.636. The molecule has 0 spiro atoms. The van der Waals surface area contributed by atoms with Crippen LogP contribution >= 0.6 is 15.9 Å². The van der Waals surface area contributed by atoms with Gasteiger partial charge in [-0.3, -0.25) is 14.9 Å². The van der Waals surface area contributed by atoms with Crippen LogP contribution in [-0.4, -0.2) is 46.7 Å². The predicted molar refractivity (Wildman–Crippen MR) is 69.8 cm³/mol. The minimum absolute atomic E-state index is 0.204. The van der Waals surface area contributed by atoms with Gasteiger partial charge < -0.3 is 10.0 Å². The fourth-order valence-corrected chi connectivity index (χ4v) is 2.16. The summed E-state index contributed by atoms with van der Waals surface area (Å²) in [6.07, 6.45) is -4.64. The Balaban J connectivity index is 3.15. The molecule has 0 aromatic heterocycles. The van der Waals surface area contributed by atoms with E-state index in [9.17, 15) is 28.1 Å². The molecule has 21 heavy (non-hydrogen) atoms. The van der Waals surface area contributed by atoms with Gasteiger partial charge in [0.2, 0.25) is 0 Å². The molecule has 0 aliphatic carbocycles. The van der Waals surface area contributed by atoms with Crippen LogP contribution in [0.4, 0.5) is 18.9 Å². The van der Waals surface area contributed by atoms with E-state index in [1.807, 2.05) is 0 Å². The lowest BCUT2D eigenvalue weighted by Gasteiger charge is -2.23. The molecule has 6 nitrogen and oxygen atoms in total. The van der Waals surface area contributed by atoms with Crippen LogP contribution in [0.15, 0.2) is 22.7 Å². The minimum atomic E-state index is -4.64. The smallest absolute Gasteiger partial charge is 0.395 e. The number of hydrogen-bond donors (Lipinski definition) is 1. The zero-order chi connectivity index (χ0) is 16.2. The molecule has 116 valence electrons. The fourth-order valence-electron chi connectivity index (χ4n) is 1.59. The molecule has 0 bridgehead atoms. The summed E-state index contributed by atoms with van der Waals surface area (Å²) in [6.45, 7) is -2.75. The summed E-state index contributed by atoms with van der Waals surface area (Å²) in [6, 6.07) is 3.47. The Bertz CT molecular complexity index is 551. The Morgan fingerprint density at radius 3 is 2.52 bits per heavy atom. The van der Waals surface area contributed by atoms with Crippen molar-refractivity contribution in [2.45, 2.75) is 6.18 Å². The van der Waals surface area contributed by atoms with Crippen molar-refractivity contribution in [2.24, 2.45) is 0 Å². The van der Waals surface area contributed by atoms with Gasteiger partial charge in [-0.05, 0) is 22.0 Å². The van der Waals surface area contributed by atoms with Crippen molar-refractivity contribution < 1.29 is 28.0 Å². The molecule has 1 amide bonds. The highest BCUT2D eigenvalue weighted by Crippen LogP contribution is 2.29. The standard InChI is InChI=1S/C11H10BrF3N2O4/c12-9-7(2-1-3-8(9)17(20)21)10(19)16(4-5-18)6-11(13,14)15/h1-3,18H,4-6H2. The van der Waals surface area contributed by atoms with Gasteiger partial charge in [-0.2, -0.15) is 13.2 Å². The normalized spacial score (nSPS) is 11.3. The first-order valence-electron chi connectivity index (χ1n) is 5.57. The monoisotopic (exact) mass is 370 g/mol. The van der Waals surface area contributed by atoms with Crippen LogP contribution in [0.3, 0.4) is 0 Å². The third kappa shape index (κ3) is 4.67. The number of hydrogen-bond acceptors (Lipinski definition) is 4. The topological polar surface area (TPSA) is 83.7 Å². The molecule has 0 unspecified atom stereocenters. The van der Waals surface area contributed by atoms with Crippen LogP contribution < -0.4 is 0 Å². The highest BCUT2D eigenvalue weighted by Gasteiger charge is 2.34. The third-order valence-electron chi connectivity index (χ3n) is 2.43. The zero-order valence-corrected chi connectivity index (χ0v) is 12.0. The Morgan fingerprint density at radius 2 is 2.05 bits per heavy atom. The fraction of sp³-hybridized carbons (Fsp3) is 0.364. The van der Waals surface area contributed by atoms with Crippen molar-refractivity contribution in [3.05, 3.63) is 38.3 Å². The summed E-state index contributed by atoms with van der Waals surface area (Å²) in [4.78, 5) is 22.4. The van der Waals surface area contributed by atoms with E-state index in [1.165, 1.54) is 12.1 Å². The number of alkyl halides is 3. The maximum Gasteiger partial charge on any atom is 0.406 e. The molecule has 0 heterocycles. The summed E-state index contributed by atoms with van der Waals surface area (Å²) < 4.78 is 37.0. The van der Waals surface area contributed by atoms with Crippen molar-refractivity contribution in [1.82, 2.24) is 4.90 Å². The first kappa shape index (κ1) is 17.4. The van der Waals surface area contributed by atoms with Crippen LogP contribution in [0.25, 0.3) is 0 Å². The van der Waals surface area contributed by atoms with E-state index in [0.717, 1.165) is 6.07 Å². The Kier molecular flexibility index (Phi) is 5.67. The maximum atomic E-state index is 12.4. The average Bonchev–Trinajstić information content (AvgIpc) is 2.36. The summed E-state index contributed by atoms with van der Waals surface area (Å²) in [5.41, 5.74) is -0.710. The van der Waals surface area contributed by atoms with E-state index in [-0.39, 0.29) is 10.0 Å². The van der Waals surface area contributed by atoms with E-state index in [0.29, 0.717) is 4.90 Å².